The highest BCUT2D eigenvalue weighted by Crippen LogP contribution is 2.39. The van der Waals surface area contributed by atoms with E-state index in [1.54, 1.807) is 6.20 Å². The first-order valence-electron chi connectivity index (χ1n) is 11.8. The van der Waals surface area contributed by atoms with Crippen molar-refractivity contribution in [3.63, 3.8) is 0 Å². The number of nitrogens with one attached hydrogen (secondary N) is 1. The third-order valence-corrected chi connectivity index (χ3v) is 11.5. The molecular weight excluding hydrogens is 416 g/mol. The smallest absolute Gasteiger partial charge is 0.228 e. The van der Waals surface area contributed by atoms with Gasteiger partial charge >= 0.3 is 0 Å². The number of hydrogen-bond donors (Lipinski definition) is 1. The Morgan fingerprint density at radius 1 is 1.09 bits per heavy atom. The molecule has 0 radical (unpaired) electrons. The van der Waals surface area contributed by atoms with Crippen LogP contribution in [0.2, 0.25) is 18.1 Å². The van der Waals surface area contributed by atoms with Crippen LogP contribution in [-0.2, 0) is 14.8 Å². The highest BCUT2D eigenvalue weighted by atomic mass is 28.4. The largest absolute Gasteiger partial charge is 0.414 e. The molecule has 0 saturated heterocycles. The topological polar surface area (TPSA) is 69.0 Å². The Morgan fingerprint density at radius 2 is 1.75 bits per heavy atom. The minimum absolute atomic E-state index is 0.0170. The molecule has 1 saturated carbocycles. The molecule has 1 amide bonds. The summed E-state index contributed by atoms with van der Waals surface area (Å²) in [5.74, 6) is 0.671. The second-order valence-corrected chi connectivity index (χ2v) is 16.4. The Morgan fingerprint density at radius 3 is 2.31 bits per heavy atom. The van der Waals surface area contributed by atoms with Crippen molar-refractivity contribution in [2.45, 2.75) is 97.0 Å². The number of pyridine rings is 1. The van der Waals surface area contributed by atoms with Gasteiger partial charge in [-0.25, -0.2) is 4.98 Å². The molecule has 1 aliphatic carbocycles. The monoisotopic (exact) mass is 456 g/mol. The molecule has 1 fully saturated rings. The molecule has 3 rings (SSSR count). The number of nitrogens with zero attached hydrogens (tertiary/aromatic N) is 3. The van der Waals surface area contributed by atoms with E-state index in [9.17, 15) is 4.79 Å². The molecule has 32 heavy (non-hydrogen) atoms. The van der Waals surface area contributed by atoms with E-state index >= 15 is 0 Å². The minimum atomic E-state index is -1.77. The van der Waals surface area contributed by atoms with E-state index in [2.05, 4.69) is 70.0 Å². The van der Waals surface area contributed by atoms with Crippen molar-refractivity contribution in [2.24, 2.45) is 5.92 Å². The molecule has 0 aliphatic heterocycles. The number of hydrogen-bond acceptors (Lipinski definition) is 4. The highest BCUT2D eigenvalue weighted by molar-refractivity contribution is 6.74. The summed E-state index contributed by atoms with van der Waals surface area (Å²) in [6.45, 7) is 17.8. The van der Waals surface area contributed by atoms with E-state index < -0.39 is 8.32 Å². The molecule has 0 unspecified atom stereocenters. The van der Waals surface area contributed by atoms with Crippen LogP contribution in [0.5, 0.6) is 0 Å². The minimum Gasteiger partial charge on any atom is -0.414 e. The Labute approximate surface area is 194 Å². The molecule has 7 heteroatoms. The SMILES string of the molecule is CC(C)(C)n1cc(-c2ccnc(NC(=O)C3CCC(O[Si](C)(C)C(C)(C)C)CC3)c2)cn1. The van der Waals surface area contributed by atoms with Crippen molar-refractivity contribution in [2.75, 3.05) is 5.32 Å². The molecule has 1 N–H and O–H groups in total. The Hall–Kier alpha value is -1.99. The van der Waals surface area contributed by atoms with Crippen LogP contribution in [0.1, 0.15) is 67.2 Å². The maximum Gasteiger partial charge on any atom is 0.228 e. The third-order valence-electron chi connectivity index (χ3n) is 6.93. The average Bonchev–Trinajstić information content (AvgIpc) is 3.18. The van der Waals surface area contributed by atoms with Crippen molar-refractivity contribution >= 4 is 20.0 Å². The summed E-state index contributed by atoms with van der Waals surface area (Å²) in [7, 11) is -1.77. The Bertz CT molecular complexity index is 932. The molecular formula is C25H40N4O2Si. The summed E-state index contributed by atoms with van der Waals surface area (Å²) < 4.78 is 8.52. The summed E-state index contributed by atoms with van der Waals surface area (Å²) in [5.41, 5.74) is 1.94. The average molecular weight is 457 g/mol. The van der Waals surface area contributed by atoms with Crippen LogP contribution in [-0.4, -0.2) is 35.1 Å². The van der Waals surface area contributed by atoms with E-state index in [4.69, 9.17) is 4.43 Å². The predicted molar refractivity (Wildman–Crippen MR) is 133 cm³/mol. The number of anilines is 1. The summed E-state index contributed by atoms with van der Waals surface area (Å²) in [6, 6.07) is 3.87. The first kappa shape index (κ1) is 24.6. The van der Waals surface area contributed by atoms with E-state index in [-0.39, 0.29) is 28.5 Å². The lowest BCUT2D eigenvalue weighted by Crippen LogP contribution is -2.45. The fraction of sp³-hybridized carbons (Fsp3) is 0.640. The van der Waals surface area contributed by atoms with Gasteiger partial charge in [-0.1, -0.05) is 20.8 Å². The lowest BCUT2D eigenvalue weighted by molar-refractivity contribution is -0.121. The van der Waals surface area contributed by atoms with Gasteiger partial charge in [0.05, 0.1) is 11.7 Å². The summed E-state index contributed by atoms with van der Waals surface area (Å²) >= 11 is 0. The van der Waals surface area contributed by atoms with E-state index in [0.717, 1.165) is 36.8 Å². The van der Waals surface area contributed by atoms with Gasteiger partial charge in [0.2, 0.25) is 5.91 Å². The maximum absolute atomic E-state index is 12.9. The van der Waals surface area contributed by atoms with Gasteiger partial charge in [-0.3, -0.25) is 9.48 Å². The zero-order valence-electron chi connectivity index (χ0n) is 21.0. The quantitative estimate of drug-likeness (QED) is 0.542. The number of aromatic nitrogens is 3. The van der Waals surface area contributed by atoms with Crippen LogP contribution < -0.4 is 5.32 Å². The third kappa shape index (κ3) is 5.87. The van der Waals surface area contributed by atoms with Crippen LogP contribution in [0.25, 0.3) is 11.1 Å². The van der Waals surface area contributed by atoms with Gasteiger partial charge in [-0.15, -0.1) is 0 Å². The van der Waals surface area contributed by atoms with E-state index in [0.29, 0.717) is 5.82 Å². The summed E-state index contributed by atoms with van der Waals surface area (Å²) in [6.07, 6.45) is 9.53. The second-order valence-electron chi connectivity index (χ2n) is 11.6. The number of carbonyl (C=O) groups excluding carboxylic acids is 1. The lowest BCUT2D eigenvalue weighted by Gasteiger charge is -2.41. The molecule has 2 aromatic heterocycles. The van der Waals surface area contributed by atoms with Gasteiger partial charge in [-0.2, -0.15) is 5.10 Å². The normalized spacial score (nSPS) is 20.2. The van der Waals surface area contributed by atoms with Crippen molar-refractivity contribution in [1.82, 2.24) is 14.8 Å². The number of carbonyl (C=O) groups is 1. The zero-order chi connectivity index (χ0) is 23.7. The van der Waals surface area contributed by atoms with Crippen LogP contribution in [0.4, 0.5) is 5.82 Å². The Kier molecular flexibility index (Phi) is 7.01. The molecule has 0 bridgehead atoms. The first-order valence-corrected chi connectivity index (χ1v) is 14.7. The zero-order valence-corrected chi connectivity index (χ0v) is 22.0. The molecule has 176 valence electrons. The molecule has 0 atom stereocenters. The van der Waals surface area contributed by atoms with Gasteiger partial charge < -0.3 is 9.74 Å². The lowest BCUT2D eigenvalue weighted by atomic mass is 9.87. The standard InChI is InChI=1S/C25H40N4O2Si/c1-24(2,3)29-17-20(16-27-29)19-13-14-26-22(15-19)28-23(30)18-9-11-21(12-10-18)31-32(7,8)25(4,5)6/h13-18,21H,9-12H2,1-8H3,(H,26,28,30). The van der Waals surface area contributed by atoms with Crippen LogP contribution in [0.15, 0.2) is 30.7 Å². The van der Waals surface area contributed by atoms with Crippen molar-refractivity contribution < 1.29 is 9.22 Å². The van der Waals surface area contributed by atoms with Crippen molar-refractivity contribution in [3.8, 4) is 11.1 Å². The molecule has 2 aromatic rings. The van der Waals surface area contributed by atoms with Gasteiger partial charge in [0, 0.05) is 30.0 Å². The molecule has 6 nitrogen and oxygen atoms in total. The van der Waals surface area contributed by atoms with E-state index in [1.807, 2.05) is 29.2 Å². The van der Waals surface area contributed by atoms with Crippen LogP contribution in [0, 0.1) is 5.92 Å². The molecule has 1 aliphatic rings. The number of rotatable bonds is 5. The Balaban J connectivity index is 1.58. The molecule has 0 aromatic carbocycles. The molecule has 0 spiro atoms. The van der Waals surface area contributed by atoms with Gasteiger partial charge in [0.25, 0.3) is 0 Å². The molecule has 2 heterocycles. The van der Waals surface area contributed by atoms with Gasteiger partial charge in [0.15, 0.2) is 8.32 Å². The fourth-order valence-corrected chi connectivity index (χ4v) is 5.20. The van der Waals surface area contributed by atoms with Crippen molar-refractivity contribution in [1.29, 1.82) is 0 Å². The van der Waals surface area contributed by atoms with Crippen LogP contribution >= 0.6 is 0 Å². The van der Waals surface area contributed by atoms with Crippen LogP contribution in [0.3, 0.4) is 0 Å². The number of amides is 1. The first-order chi connectivity index (χ1) is 14.8. The summed E-state index contributed by atoms with van der Waals surface area (Å²) in [5, 5.41) is 7.72. The van der Waals surface area contributed by atoms with Crippen molar-refractivity contribution in [3.05, 3.63) is 30.7 Å². The van der Waals surface area contributed by atoms with E-state index in [1.165, 1.54) is 0 Å². The predicted octanol–water partition coefficient (Wildman–Crippen LogP) is 6.22. The fourth-order valence-electron chi connectivity index (χ4n) is 3.78. The highest BCUT2D eigenvalue weighted by Gasteiger charge is 2.40. The maximum atomic E-state index is 12.9. The van der Waals surface area contributed by atoms with Gasteiger partial charge in [-0.05, 0) is 82.3 Å². The summed E-state index contributed by atoms with van der Waals surface area (Å²) in [4.78, 5) is 17.3. The second kappa shape index (κ2) is 9.10. The van der Waals surface area contributed by atoms with Gasteiger partial charge in [0.1, 0.15) is 5.82 Å².